The van der Waals surface area contributed by atoms with Gasteiger partial charge in [-0.3, -0.25) is 4.79 Å². The Morgan fingerprint density at radius 3 is 2.22 bits per heavy atom. The van der Waals surface area contributed by atoms with Gasteiger partial charge in [-0.2, -0.15) is 0 Å². The number of carbonyl (C=O) groups excluding carboxylic acids is 1. The van der Waals surface area contributed by atoms with Crippen molar-refractivity contribution in [3.63, 3.8) is 0 Å². The first kappa shape index (κ1) is 21.3. The lowest BCUT2D eigenvalue weighted by Crippen LogP contribution is -2.40. The van der Waals surface area contributed by atoms with E-state index in [0.29, 0.717) is 23.6 Å². The van der Waals surface area contributed by atoms with Gasteiger partial charge in [-0.25, -0.2) is 8.42 Å². The van der Waals surface area contributed by atoms with E-state index in [4.69, 9.17) is 16.3 Å². The van der Waals surface area contributed by atoms with Crippen LogP contribution >= 0.6 is 11.6 Å². The van der Waals surface area contributed by atoms with E-state index in [2.05, 4.69) is 5.32 Å². The highest BCUT2D eigenvalue weighted by Crippen LogP contribution is 2.25. The molecule has 0 saturated heterocycles. The van der Waals surface area contributed by atoms with Crippen LogP contribution in [0.25, 0.3) is 0 Å². The molecular weight excluding hydrogens is 386 g/mol. The summed E-state index contributed by atoms with van der Waals surface area (Å²) in [5, 5.41) is 3.43. The monoisotopic (exact) mass is 409 g/mol. The first-order valence-electron chi connectivity index (χ1n) is 8.77. The van der Waals surface area contributed by atoms with Crippen LogP contribution in [-0.2, 0) is 14.6 Å². The first-order valence-corrected chi connectivity index (χ1v) is 11.0. The number of hydrogen-bond acceptors (Lipinski definition) is 4. The van der Waals surface area contributed by atoms with Gasteiger partial charge in [0.2, 0.25) is 0 Å². The fourth-order valence-corrected chi connectivity index (χ4v) is 3.46. The molecule has 2 rings (SSSR count). The summed E-state index contributed by atoms with van der Waals surface area (Å²) in [5.74, 6) is 0.225. The number of para-hydroxylation sites is 1. The van der Waals surface area contributed by atoms with Gasteiger partial charge in [0, 0.05) is 6.26 Å². The van der Waals surface area contributed by atoms with Crippen molar-refractivity contribution in [2.24, 2.45) is 0 Å². The lowest BCUT2D eigenvalue weighted by Gasteiger charge is -2.23. The standard InChI is InChI=1S/C20H24ClNO4S/c1-4-17(14-10-12-15(13-11-14)27(3,24)25)22-20(23)18(5-2)26-19-9-7-6-8-16(19)21/h6-13,17-18H,4-5H2,1-3H3,(H,22,23)/t17-,18-/m1/s1. The number of ether oxygens (including phenoxy) is 1. The highest BCUT2D eigenvalue weighted by Gasteiger charge is 2.23. The zero-order valence-corrected chi connectivity index (χ0v) is 17.2. The van der Waals surface area contributed by atoms with Crippen molar-refractivity contribution in [1.82, 2.24) is 5.32 Å². The van der Waals surface area contributed by atoms with E-state index in [1.807, 2.05) is 13.8 Å². The second kappa shape index (κ2) is 9.24. The van der Waals surface area contributed by atoms with Crippen LogP contribution in [0, 0.1) is 0 Å². The van der Waals surface area contributed by atoms with E-state index in [1.165, 1.54) is 6.26 Å². The van der Waals surface area contributed by atoms with Gasteiger partial charge in [-0.15, -0.1) is 0 Å². The van der Waals surface area contributed by atoms with Gasteiger partial charge in [0.15, 0.2) is 15.9 Å². The molecule has 0 aliphatic rings. The van der Waals surface area contributed by atoms with Gasteiger partial charge >= 0.3 is 0 Å². The highest BCUT2D eigenvalue weighted by atomic mass is 35.5. The van der Waals surface area contributed by atoms with Crippen molar-refractivity contribution in [2.45, 2.75) is 43.7 Å². The minimum atomic E-state index is -3.25. The molecule has 0 saturated carbocycles. The Balaban J connectivity index is 2.11. The van der Waals surface area contributed by atoms with Gasteiger partial charge in [-0.1, -0.05) is 49.7 Å². The normalized spacial score (nSPS) is 13.6. The van der Waals surface area contributed by atoms with Gasteiger partial charge in [0.25, 0.3) is 5.91 Å². The summed E-state index contributed by atoms with van der Waals surface area (Å²) in [6.07, 6.45) is 1.64. The summed E-state index contributed by atoms with van der Waals surface area (Å²) < 4.78 is 29.0. The molecule has 0 aromatic heterocycles. The number of rotatable bonds is 8. The molecule has 0 aliphatic carbocycles. The molecule has 1 N–H and O–H groups in total. The Hall–Kier alpha value is -2.05. The van der Waals surface area contributed by atoms with Crippen molar-refractivity contribution < 1.29 is 17.9 Å². The predicted molar refractivity (Wildman–Crippen MR) is 107 cm³/mol. The smallest absolute Gasteiger partial charge is 0.261 e. The summed E-state index contributed by atoms with van der Waals surface area (Å²) >= 11 is 6.10. The zero-order valence-electron chi connectivity index (χ0n) is 15.6. The fourth-order valence-electron chi connectivity index (χ4n) is 2.65. The maximum atomic E-state index is 12.7. The molecule has 0 bridgehead atoms. The maximum absolute atomic E-state index is 12.7. The number of halogens is 1. The Kier molecular flexibility index (Phi) is 7.27. The quantitative estimate of drug-likeness (QED) is 0.710. The molecule has 0 unspecified atom stereocenters. The van der Waals surface area contributed by atoms with E-state index < -0.39 is 15.9 Å². The molecule has 146 valence electrons. The van der Waals surface area contributed by atoms with Gasteiger partial charge in [-0.05, 0) is 42.7 Å². The minimum Gasteiger partial charge on any atom is -0.479 e. The second-order valence-corrected chi connectivity index (χ2v) is 8.68. The van der Waals surface area contributed by atoms with E-state index in [1.54, 1.807) is 48.5 Å². The molecular formula is C20H24ClNO4S. The molecule has 5 nitrogen and oxygen atoms in total. The maximum Gasteiger partial charge on any atom is 0.261 e. The van der Waals surface area contributed by atoms with Crippen LogP contribution in [0.4, 0.5) is 0 Å². The van der Waals surface area contributed by atoms with Crippen molar-refractivity contribution in [2.75, 3.05) is 6.26 Å². The Bertz CT molecular complexity index is 881. The highest BCUT2D eigenvalue weighted by molar-refractivity contribution is 7.90. The molecule has 0 heterocycles. The SMILES string of the molecule is CC[C@@H](Oc1ccccc1Cl)C(=O)N[C@H](CC)c1ccc(S(C)(=O)=O)cc1. The van der Waals surface area contributed by atoms with Crippen molar-refractivity contribution >= 4 is 27.3 Å². The van der Waals surface area contributed by atoms with Crippen LogP contribution in [-0.4, -0.2) is 26.7 Å². The van der Waals surface area contributed by atoms with Crippen LogP contribution in [0.3, 0.4) is 0 Å². The van der Waals surface area contributed by atoms with Crippen LogP contribution in [0.2, 0.25) is 5.02 Å². The molecule has 0 radical (unpaired) electrons. The molecule has 0 fully saturated rings. The largest absolute Gasteiger partial charge is 0.479 e. The molecule has 7 heteroatoms. The number of amides is 1. The molecule has 1 amide bonds. The number of hydrogen-bond donors (Lipinski definition) is 1. The van der Waals surface area contributed by atoms with E-state index in [9.17, 15) is 13.2 Å². The van der Waals surface area contributed by atoms with E-state index in [-0.39, 0.29) is 16.8 Å². The van der Waals surface area contributed by atoms with Crippen molar-refractivity contribution in [3.8, 4) is 5.75 Å². The number of benzene rings is 2. The summed E-state index contributed by atoms with van der Waals surface area (Å²) in [7, 11) is -3.25. The molecule has 0 aliphatic heterocycles. The van der Waals surface area contributed by atoms with Crippen LogP contribution < -0.4 is 10.1 Å². The van der Waals surface area contributed by atoms with Crippen LogP contribution in [0.5, 0.6) is 5.75 Å². The summed E-state index contributed by atoms with van der Waals surface area (Å²) in [5.41, 5.74) is 0.839. The lowest BCUT2D eigenvalue weighted by molar-refractivity contribution is -0.128. The molecule has 27 heavy (non-hydrogen) atoms. The number of carbonyl (C=O) groups is 1. The average molecular weight is 410 g/mol. The Morgan fingerprint density at radius 1 is 1.07 bits per heavy atom. The van der Waals surface area contributed by atoms with Crippen molar-refractivity contribution in [1.29, 1.82) is 0 Å². The van der Waals surface area contributed by atoms with Gasteiger partial charge in [0.1, 0.15) is 5.75 Å². The molecule has 0 spiro atoms. The third-order valence-electron chi connectivity index (χ3n) is 4.20. The Labute approximate surface area is 165 Å². The van der Waals surface area contributed by atoms with Gasteiger partial charge in [0.05, 0.1) is 16.0 Å². The van der Waals surface area contributed by atoms with Gasteiger partial charge < -0.3 is 10.1 Å². The molecule has 2 aromatic carbocycles. The fraction of sp³-hybridized carbons (Fsp3) is 0.350. The summed E-state index contributed by atoms with van der Waals surface area (Å²) in [4.78, 5) is 12.9. The summed E-state index contributed by atoms with van der Waals surface area (Å²) in [6, 6.07) is 13.3. The van der Waals surface area contributed by atoms with Crippen LogP contribution in [0.15, 0.2) is 53.4 Å². The van der Waals surface area contributed by atoms with Crippen LogP contribution in [0.1, 0.15) is 38.3 Å². The molecule has 2 aromatic rings. The number of nitrogens with one attached hydrogen (secondary N) is 1. The third-order valence-corrected chi connectivity index (χ3v) is 5.65. The Morgan fingerprint density at radius 2 is 1.70 bits per heavy atom. The topological polar surface area (TPSA) is 72.5 Å². The van der Waals surface area contributed by atoms with E-state index in [0.717, 1.165) is 5.56 Å². The first-order chi connectivity index (χ1) is 12.8. The second-order valence-electron chi connectivity index (χ2n) is 6.26. The predicted octanol–water partition coefficient (Wildman–Crippen LogP) is 4.17. The minimum absolute atomic E-state index is 0.239. The average Bonchev–Trinajstić information content (AvgIpc) is 2.64. The van der Waals surface area contributed by atoms with Crippen molar-refractivity contribution in [3.05, 3.63) is 59.1 Å². The van der Waals surface area contributed by atoms with E-state index >= 15 is 0 Å². The summed E-state index contributed by atoms with van der Waals surface area (Å²) in [6.45, 7) is 3.81. The lowest BCUT2D eigenvalue weighted by atomic mass is 10.0. The third kappa shape index (κ3) is 5.71. The zero-order chi connectivity index (χ0) is 20.0. The molecule has 2 atom stereocenters. The number of sulfone groups is 1.